The largest absolute Gasteiger partial charge is 0.491 e. The predicted molar refractivity (Wildman–Crippen MR) is 80.0 cm³/mol. The molecule has 1 aliphatic rings. The Morgan fingerprint density at radius 2 is 2.05 bits per heavy atom. The van der Waals surface area contributed by atoms with E-state index in [9.17, 15) is 4.79 Å². The summed E-state index contributed by atoms with van der Waals surface area (Å²) in [5.74, 6) is 1.16. The first kappa shape index (κ1) is 14.9. The second-order valence-electron chi connectivity index (χ2n) is 6.24. The van der Waals surface area contributed by atoms with E-state index in [-0.39, 0.29) is 17.2 Å². The van der Waals surface area contributed by atoms with Crippen LogP contribution in [0.1, 0.15) is 26.3 Å². The molecule has 1 aromatic rings. The summed E-state index contributed by atoms with van der Waals surface area (Å²) in [7, 11) is 0. The number of carbonyl (C=O) groups excluding carboxylic acids is 1. The summed E-state index contributed by atoms with van der Waals surface area (Å²) < 4.78 is 5.82. The molecule has 0 aromatic heterocycles. The lowest BCUT2D eigenvalue weighted by molar-refractivity contribution is -0.126. The summed E-state index contributed by atoms with van der Waals surface area (Å²) in [6.45, 7) is 9.13. The Morgan fingerprint density at radius 3 is 2.65 bits per heavy atom. The maximum Gasteiger partial charge on any atom is 0.225 e. The van der Waals surface area contributed by atoms with Crippen LogP contribution in [-0.4, -0.2) is 32.1 Å². The summed E-state index contributed by atoms with van der Waals surface area (Å²) in [4.78, 5) is 11.7. The van der Waals surface area contributed by atoms with Crippen LogP contribution in [0.5, 0.6) is 5.75 Å². The molecule has 20 heavy (non-hydrogen) atoms. The summed E-state index contributed by atoms with van der Waals surface area (Å²) >= 11 is 0. The molecule has 1 aromatic carbocycles. The molecule has 4 heteroatoms. The van der Waals surface area contributed by atoms with Gasteiger partial charge >= 0.3 is 0 Å². The van der Waals surface area contributed by atoms with Crippen molar-refractivity contribution in [1.82, 2.24) is 10.6 Å². The first-order valence-corrected chi connectivity index (χ1v) is 7.19. The van der Waals surface area contributed by atoms with Gasteiger partial charge in [-0.3, -0.25) is 4.79 Å². The van der Waals surface area contributed by atoms with Crippen LogP contribution in [0, 0.1) is 5.92 Å². The molecule has 1 aliphatic heterocycles. The molecule has 2 rings (SSSR count). The Balaban J connectivity index is 1.80. The molecule has 1 amide bonds. The van der Waals surface area contributed by atoms with E-state index in [1.165, 1.54) is 5.56 Å². The minimum atomic E-state index is 0.0530. The van der Waals surface area contributed by atoms with Gasteiger partial charge in [-0.1, -0.05) is 39.0 Å². The van der Waals surface area contributed by atoms with Gasteiger partial charge in [0.05, 0.1) is 12.5 Å². The number of nitrogens with one attached hydrogen (secondary N) is 2. The second kappa shape index (κ2) is 6.27. The minimum Gasteiger partial charge on any atom is -0.491 e. The third-order valence-corrected chi connectivity index (χ3v) is 3.51. The molecule has 110 valence electrons. The van der Waals surface area contributed by atoms with Gasteiger partial charge in [0.1, 0.15) is 12.4 Å². The van der Waals surface area contributed by atoms with Crippen molar-refractivity contribution in [3.05, 3.63) is 29.8 Å². The molecule has 0 saturated carbocycles. The van der Waals surface area contributed by atoms with Crippen LogP contribution in [0.3, 0.4) is 0 Å². The van der Waals surface area contributed by atoms with Crippen LogP contribution in [0.4, 0.5) is 0 Å². The van der Waals surface area contributed by atoms with Gasteiger partial charge in [-0.25, -0.2) is 0 Å². The Labute approximate surface area is 120 Å². The van der Waals surface area contributed by atoms with E-state index in [1.807, 2.05) is 18.2 Å². The molecular weight excluding hydrogens is 252 g/mol. The number of rotatable bonds is 5. The van der Waals surface area contributed by atoms with Crippen molar-refractivity contribution >= 4 is 5.91 Å². The third kappa shape index (κ3) is 3.73. The highest BCUT2D eigenvalue weighted by Crippen LogP contribution is 2.30. The molecule has 0 bridgehead atoms. The van der Waals surface area contributed by atoms with Crippen molar-refractivity contribution in [2.24, 2.45) is 5.92 Å². The Bertz CT molecular complexity index is 462. The van der Waals surface area contributed by atoms with Gasteiger partial charge in [0.15, 0.2) is 0 Å². The van der Waals surface area contributed by atoms with Crippen LogP contribution in [0.15, 0.2) is 24.3 Å². The highest BCUT2D eigenvalue weighted by molar-refractivity contribution is 5.79. The van der Waals surface area contributed by atoms with Gasteiger partial charge in [0, 0.05) is 13.1 Å². The zero-order chi connectivity index (χ0) is 14.6. The first-order chi connectivity index (χ1) is 9.48. The molecule has 0 radical (unpaired) electrons. The smallest absolute Gasteiger partial charge is 0.225 e. The quantitative estimate of drug-likeness (QED) is 0.805. The molecule has 0 unspecified atom stereocenters. The first-order valence-electron chi connectivity index (χ1n) is 7.19. The molecular formula is C16H24N2O2. The molecule has 2 N–H and O–H groups in total. The number of amides is 1. The van der Waals surface area contributed by atoms with Crippen molar-refractivity contribution in [3.63, 3.8) is 0 Å². The third-order valence-electron chi connectivity index (χ3n) is 3.51. The van der Waals surface area contributed by atoms with Gasteiger partial charge in [0.25, 0.3) is 0 Å². The Morgan fingerprint density at radius 1 is 1.35 bits per heavy atom. The van der Waals surface area contributed by atoms with Crippen molar-refractivity contribution in [1.29, 1.82) is 0 Å². The van der Waals surface area contributed by atoms with Gasteiger partial charge in [-0.2, -0.15) is 0 Å². The maximum absolute atomic E-state index is 11.7. The molecule has 0 aliphatic carbocycles. The number of hydrogen-bond acceptors (Lipinski definition) is 3. The van der Waals surface area contributed by atoms with Crippen molar-refractivity contribution in [2.45, 2.75) is 26.2 Å². The number of para-hydroxylation sites is 1. The van der Waals surface area contributed by atoms with E-state index in [0.717, 1.165) is 18.8 Å². The van der Waals surface area contributed by atoms with Crippen molar-refractivity contribution in [2.75, 3.05) is 26.2 Å². The molecule has 4 nitrogen and oxygen atoms in total. The van der Waals surface area contributed by atoms with Crippen LogP contribution in [-0.2, 0) is 10.2 Å². The summed E-state index contributed by atoms with van der Waals surface area (Å²) in [6.07, 6.45) is 0. The van der Waals surface area contributed by atoms with E-state index < -0.39 is 0 Å². The van der Waals surface area contributed by atoms with Crippen molar-refractivity contribution < 1.29 is 9.53 Å². The fourth-order valence-electron chi connectivity index (χ4n) is 2.17. The normalized spacial score (nSPS) is 15.6. The molecule has 0 atom stereocenters. The van der Waals surface area contributed by atoms with Gasteiger partial charge < -0.3 is 15.4 Å². The Kier molecular flexibility index (Phi) is 4.65. The van der Waals surface area contributed by atoms with Gasteiger partial charge in [-0.05, 0) is 17.0 Å². The number of carbonyl (C=O) groups is 1. The van der Waals surface area contributed by atoms with Crippen LogP contribution in [0.2, 0.25) is 0 Å². The number of hydrogen-bond donors (Lipinski definition) is 2. The average Bonchev–Trinajstić information content (AvgIpc) is 2.32. The number of ether oxygens (including phenoxy) is 1. The van der Waals surface area contributed by atoms with E-state index in [0.29, 0.717) is 13.2 Å². The molecule has 0 spiro atoms. The summed E-state index contributed by atoms with van der Waals surface area (Å²) in [5, 5.41) is 6.00. The molecule has 1 heterocycles. The predicted octanol–water partition coefficient (Wildman–Crippen LogP) is 1.70. The second-order valence-corrected chi connectivity index (χ2v) is 6.24. The fourth-order valence-corrected chi connectivity index (χ4v) is 2.17. The highest BCUT2D eigenvalue weighted by atomic mass is 16.5. The topological polar surface area (TPSA) is 50.4 Å². The average molecular weight is 276 g/mol. The number of benzene rings is 1. The lowest BCUT2D eigenvalue weighted by atomic mass is 9.86. The molecule has 1 saturated heterocycles. The highest BCUT2D eigenvalue weighted by Gasteiger charge is 2.24. The Hall–Kier alpha value is -1.55. The zero-order valence-corrected chi connectivity index (χ0v) is 12.5. The van der Waals surface area contributed by atoms with Crippen LogP contribution >= 0.6 is 0 Å². The van der Waals surface area contributed by atoms with Crippen LogP contribution < -0.4 is 15.4 Å². The maximum atomic E-state index is 11.7. The standard InChI is InChI=1S/C16H24N2O2/c1-16(2,3)13-6-4-5-7-14(13)20-9-8-18-15(19)12-10-17-11-12/h4-7,12,17H,8-11H2,1-3H3,(H,18,19). The fraction of sp³-hybridized carbons (Fsp3) is 0.562. The summed E-state index contributed by atoms with van der Waals surface area (Å²) in [5.41, 5.74) is 1.24. The van der Waals surface area contributed by atoms with E-state index in [1.54, 1.807) is 0 Å². The van der Waals surface area contributed by atoms with Gasteiger partial charge in [0.2, 0.25) is 5.91 Å². The lowest BCUT2D eigenvalue weighted by Crippen LogP contribution is -2.51. The summed E-state index contributed by atoms with van der Waals surface area (Å²) in [6, 6.07) is 8.08. The SMILES string of the molecule is CC(C)(C)c1ccccc1OCCNC(=O)C1CNC1. The van der Waals surface area contributed by atoms with Crippen molar-refractivity contribution in [3.8, 4) is 5.75 Å². The van der Waals surface area contributed by atoms with E-state index in [4.69, 9.17) is 4.74 Å². The molecule has 1 fully saturated rings. The zero-order valence-electron chi connectivity index (χ0n) is 12.5. The van der Waals surface area contributed by atoms with Crippen LogP contribution in [0.25, 0.3) is 0 Å². The minimum absolute atomic E-state index is 0.0530. The monoisotopic (exact) mass is 276 g/mol. The van der Waals surface area contributed by atoms with E-state index >= 15 is 0 Å². The van der Waals surface area contributed by atoms with Gasteiger partial charge in [-0.15, -0.1) is 0 Å². The lowest BCUT2D eigenvalue weighted by Gasteiger charge is -2.26. The van der Waals surface area contributed by atoms with E-state index in [2.05, 4.69) is 37.5 Å².